The number of halogens is 1. The van der Waals surface area contributed by atoms with Crippen LogP contribution in [0.15, 0.2) is 59.7 Å². The van der Waals surface area contributed by atoms with Gasteiger partial charge in [0.15, 0.2) is 0 Å². The van der Waals surface area contributed by atoms with E-state index >= 15 is 0 Å². The largest absolute Gasteiger partial charge is 0.461 e. The highest BCUT2D eigenvalue weighted by molar-refractivity contribution is 6.35. The van der Waals surface area contributed by atoms with E-state index in [9.17, 15) is 4.79 Å². The van der Waals surface area contributed by atoms with Crippen LogP contribution < -0.4 is 0 Å². The van der Waals surface area contributed by atoms with Gasteiger partial charge in [0.05, 0.1) is 23.7 Å². The number of pyridine rings is 1. The van der Waals surface area contributed by atoms with E-state index in [0.717, 1.165) is 39.2 Å². The molecule has 0 saturated heterocycles. The molecule has 0 amide bonds. The standard InChI is InChI=1S/C25H21ClN2O2/c1-15-7-22(23(26)14-27-15)25-21-11-18-10-20(8-16-5-3-2-4-6-16)30-24(29)12-17(18)9-19(21)13-28-25/h2-7,9,11,14,20H,8,10,12-13H2,1H3. The number of nitrogens with zero attached hydrogens (tertiary/aromatic N) is 2. The average Bonchev–Trinajstić information content (AvgIpc) is 3.05. The number of aromatic nitrogens is 1. The van der Waals surface area contributed by atoms with Gasteiger partial charge in [-0.3, -0.25) is 14.8 Å². The van der Waals surface area contributed by atoms with Gasteiger partial charge in [-0.1, -0.05) is 48.0 Å². The van der Waals surface area contributed by atoms with Gasteiger partial charge in [-0.15, -0.1) is 0 Å². The van der Waals surface area contributed by atoms with E-state index in [1.165, 1.54) is 5.56 Å². The van der Waals surface area contributed by atoms with E-state index in [1.54, 1.807) is 6.20 Å². The molecule has 2 aromatic carbocycles. The molecule has 0 fully saturated rings. The van der Waals surface area contributed by atoms with Crippen LogP contribution in [-0.2, 0) is 35.3 Å². The second-order valence-corrected chi connectivity index (χ2v) is 8.34. The van der Waals surface area contributed by atoms with Gasteiger partial charge in [-0.25, -0.2) is 0 Å². The van der Waals surface area contributed by atoms with Crippen LogP contribution in [0.2, 0.25) is 5.02 Å². The van der Waals surface area contributed by atoms with E-state index in [-0.39, 0.29) is 12.1 Å². The Bertz CT molecular complexity index is 1170. The molecule has 1 unspecified atom stereocenters. The summed E-state index contributed by atoms with van der Waals surface area (Å²) in [5, 5.41) is 0.600. The summed E-state index contributed by atoms with van der Waals surface area (Å²) in [5.41, 5.74) is 8.30. The molecule has 150 valence electrons. The summed E-state index contributed by atoms with van der Waals surface area (Å²) >= 11 is 6.44. The van der Waals surface area contributed by atoms with Gasteiger partial charge in [0.25, 0.3) is 0 Å². The third-order valence-electron chi connectivity index (χ3n) is 5.72. The number of rotatable bonds is 3. The van der Waals surface area contributed by atoms with Crippen molar-refractivity contribution >= 4 is 23.3 Å². The zero-order chi connectivity index (χ0) is 20.7. The van der Waals surface area contributed by atoms with Crippen LogP contribution >= 0.6 is 11.6 Å². The number of carbonyl (C=O) groups is 1. The van der Waals surface area contributed by atoms with Gasteiger partial charge in [0, 0.05) is 35.9 Å². The fourth-order valence-corrected chi connectivity index (χ4v) is 4.50. The molecule has 1 atom stereocenters. The number of hydrogen-bond acceptors (Lipinski definition) is 4. The first kappa shape index (κ1) is 19.0. The third-order valence-corrected chi connectivity index (χ3v) is 6.02. The van der Waals surface area contributed by atoms with Crippen molar-refractivity contribution in [3.8, 4) is 0 Å². The van der Waals surface area contributed by atoms with Crippen LogP contribution in [0.1, 0.15) is 39.1 Å². The fourth-order valence-electron chi connectivity index (χ4n) is 4.31. The monoisotopic (exact) mass is 416 g/mol. The number of fused-ring (bicyclic) bond motifs is 2. The second-order valence-electron chi connectivity index (χ2n) is 7.93. The molecule has 2 aliphatic rings. The van der Waals surface area contributed by atoms with Crippen molar-refractivity contribution < 1.29 is 9.53 Å². The number of hydrogen-bond donors (Lipinski definition) is 0. The SMILES string of the molecule is Cc1cc(C2=NCc3cc4c(cc32)CC(Cc2ccccc2)OC(=O)C4)c(Cl)cn1. The first-order valence-corrected chi connectivity index (χ1v) is 10.5. The Kier molecular flexibility index (Phi) is 4.87. The topological polar surface area (TPSA) is 51.5 Å². The van der Waals surface area contributed by atoms with Crippen molar-refractivity contribution in [2.75, 3.05) is 0 Å². The predicted molar refractivity (Wildman–Crippen MR) is 117 cm³/mol. The van der Waals surface area contributed by atoms with E-state index in [2.05, 4.69) is 29.2 Å². The summed E-state index contributed by atoms with van der Waals surface area (Å²) in [6, 6.07) is 16.4. The Morgan fingerprint density at radius 3 is 2.73 bits per heavy atom. The van der Waals surface area contributed by atoms with Gasteiger partial charge < -0.3 is 4.74 Å². The molecule has 4 nitrogen and oxygen atoms in total. The predicted octanol–water partition coefficient (Wildman–Crippen LogP) is 4.65. The maximum Gasteiger partial charge on any atom is 0.310 e. The number of benzene rings is 2. The summed E-state index contributed by atoms with van der Waals surface area (Å²) in [7, 11) is 0. The smallest absolute Gasteiger partial charge is 0.310 e. The highest BCUT2D eigenvalue weighted by atomic mass is 35.5. The summed E-state index contributed by atoms with van der Waals surface area (Å²) in [4.78, 5) is 21.5. The molecule has 0 saturated carbocycles. The van der Waals surface area contributed by atoms with Crippen LogP contribution in [0.4, 0.5) is 0 Å². The number of cyclic esters (lactones) is 1. The van der Waals surface area contributed by atoms with Crippen molar-refractivity contribution in [2.45, 2.75) is 38.8 Å². The molecular formula is C25H21ClN2O2. The van der Waals surface area contributed by atoms with E-state index < -0.39 is 0 Å². The molecule has 0 bridgehead atoms. The molecule has 0 radical (unpaired) electrons. The third kappa shape index (κ3) is 3.63. The van der Waals surface area contributed by atoms with Crippen LogP contribution in [0.25, 0.3) is 0 Å². The second kappa shape index (κ2) is 7.69. The molecule has 3 aromatic rings. The van der Waals surface area contributed by atoms with Crippen LogP contribution in [0, 0.1) is 6.92 Å². The minimum Gasteiger partial charge on any atom is -0.461 e. The van der Waals surface area contributed by atoms with Gasteiger partial charge in [-0.2, -0.15) is 0 Å². The molecule has 0 aliphatic carbocycles. The molecule has 2 aliphatic heterocycles. The number of aliphatic imine (C=N–C) groups is 1. The van der Waals surface area contributed by atoms with Gasteiger partial charge in [0.1, 0.15) is 6.10 Å². The lowest BCUT2D eigenvalue weighted by atomic mass is 9.91. The number of aryl methyl sites for hydroxylation is 1. The highest BCUT2D eigenvalue weighted by Gasteiger charge is 2.27. The Morgan fingerprint density at radius 1 is 1.07 bits per heavy atom. The van der Waals surface area contributed by atoms with Crippen molar-refractivity contribution in [3.63, 3.8) is 0 Å². The zero-order valence-electron chi connectivity index (χ0n) is 16.7. The molecule has 1 aromatic heterocycles. The minimum atomic E-state index is -0.173. The van der Waals surface area contributed by atoms with Crippen LogP contribution in [-0.4, -0.2) is 22.8 Å². The molecule has 0 spiro atoms. The number of ether oxygens (including phenoxy) is 1. The maximum atomic E-state index is 12.4. The quantitative estimate of drug-likeness (QED) is 0.584. The van der Waals surface area contributed by atoms with Gasteiger partial charge in [0.2, 0.25) is 0 Å². The number of esters is 1. The molecule has 5 rings (SSSR count). The first-order valence-electron chi connectivity index (χ1n) is 10.1. The van der Waals surface area contributed by atoms with Crippen molar-refractivity contribution in [1.82, 2.24) is 4.98 Å². The van der Waals surface area contributed by atoms with Gasteiger partial charge >= 0.3 is 5.97 Å². The lowest BCUT2D eigenvalue weighted by molar-refractivity contribution is -0.147. The van der Waals surface area contributed by atoms with Crippen LogP contribution in [0.3, 0.4) is 0 Å². The molecule has 30 heavy (non-hydrogen) atoms. The molecule has 0 N–H and O–H groups in total. The van der Waals surface area contributed by atoms with Crippen molar-refractivity contribution in [1.29, 1.82) is 0 Å². The molecule has 5 heteroatoms. The molecular weight excluding hydrogens is 396 g/mol. The summed E-state index contributed by atoms with van der Waals surface area (Å²) in [6.45, 7) is 2.54. The van der Waals surface area contributed by atoms with E-state index in [0.29, 0.717) is 30.8 Å². The van der Waals surface area contributed by atoms with E-state index in [4.69, 9.17) is 21.3 Å². The normalized spacial score (nSPS) is 17.6. The molecule has 3 heterocycles. The highest BCUT2D eigenvalue weighted by Crippen LogP contribution is 2.32. The number of carbonyl (C=O) groups excluding carboxylic acids is 1. The Hall–Kier alpha value is -2.98. The minimum absolute atomic E-state index is 0.165. The first-order chi connectivity index (χ1) is 14.6. The lowest BCUT2D eigenvalue weighted by Crippen LogP contribution is -2.21. The Morgan fingerprint density at radius 2 is 1.90 bits per heavy atom. The summed E-state index contributed by atoms with van der Waals surface area (Å²) in [5.74, 6) is -0.165. The Labute approximate surface area is 180 Å². The zero-order valence-corrected chi connectivity index (χ0v) is 17.4. The fraction of sp³-hybridized carbons (Fsp3) is 0.240. The summed E-state index contributed by atoms with van der Waals surface area (Å²) in [6.07, 6.45) is 3.21. The lowest BCUT2D eigenvalue weighted by Gasteiger charge is -2.16. The van der Waals surface area contributed by atoms with Gasteiger partial charge in [-0.05, 0) is 41.3 Å². The Balaban J connectivity index is 1.50. The summed E-state index contributed by atoms with van der Waals surface area (Å²) < 4.78 is 5.78. The van der Waals surface area contributed by atoms with Crippen molar-refractivity contribution in [3.05, 3.63) is 98.8 Å². The van der Waals surface area contributed by atoms with Crippen molar-refractivity contribution in [2.24, 2.45) is 4.99 Å². The maximum absolute atomic E-state index is 12.4. The van der Waals surface area contributed by atoms with Crippen LogP contribution in [0.5, 0.6) is 0 Å². The average molecular weight is 417 g/mol. The van der Waals surface area contributed by atoms with E-state index in [1.807, 2.05) is 31.2 Å².